The first-order chi connectivity index (χ1) is 15.0. The van der Waals surface area contributed by atoms with E-state index in [2.05, 4.69) is 34.9 Å². The standard InChI is InChI=1S/C22H26ClN7S/c1-4-30(5-2)9-6-7-17-22(24)27-21(16-8-10-29(3)28-16)19(26-17)14-11-15(23)20-18(12-14)31-13-25-20/h8,10-13H,4-7,9H2,1-3H3,(H2,24,27). The molecule has 0 amide bonds. The summed E-state index contributed by atoms with van der Waals surface area (Å²) in [4.78, 5) is 16.5. The molecule has 0 aliphatic rings. The number of nitrogens with zero attached hydrogens (tertiary/aromatic N) is 6. The van der Waals surface area contributed by atoms with Crippen LogP contribution in [0, 0.1) is 0 Å². The van der Waals surface area contributed by atoms with Gasteiger partial charge in [0, 0.05) is 18.8 Å². The molecule has 0 aliphatic heterocycles. The van der Waals surface area contributed by atoms with Crippen LogP contribution in [-0.2, 0) is 13.5 Å². The molecule has 7 nitrogen and oxygen atoms in total. The number of halogens is 1. The van der Waals surface area contributed by atoms with Crippen LogP contribution >= 0.6 is 22.9 Å². The van der Waals surface area contributed by atoms with Crippen LogP contribution in [0.1, 0.15) is 26.0 Å². The summed E-state index contributed by atoms with van der Waals surface area (Å²) < 4.78 is 2.75. The van der Waals surface area contributed by atoms with Gasteiger partial charge < -0.3 is 10.6 Å². The number of nitrogens with two attached hydrogens (primary N) is 1. The second-order valence-corrected chi connectivity index (χ2v) is 8.71. The third-order valence-electron chi connectivity index (χ3n) is 5.40. The molecule has 0 saturated carbocycles. The molecule has 0 radical (unpaired) electrons. The first-order valence-corrected chi connectivity index (χ1v) is 11.7. The van der Waals surface area contributed by atoms with Gasteiger partial charge in [-0.25, -0.2) is 15.0 Å². The number of aryl methyl sites for hydroxylation is 2. The second-order valence-electron chi connectivity index (χ2n) is 7.42. The first kappa shape index (κ1) is 21.7. The van der Waals surface area contributed by atoms with Crippen LogP contribution in [0.2, 0.25) is 5.02 Å². The zero-order valence-electron chi connectivity index (χ0n) is 18.0. The Balaban J connectivity index is 1.77. The van der Waals surface area contributed by atoms with Gasteiger partial charge in [-0.1, -0.05) is 25.4 Å². The number of anilines is 1. The van der Waals surface area contributed by atoms with Crippen LogP contribution in [0.15, 0.2) is 29.9 Å². The molecule has 0 unspecified atom stereocenters. The average Bonchev–Trinajstić information content (AvgIpc) is 3.41. The van der Waals surface area contributed by atoms with E-state index >= 15 is 0 Å². The molecule has 0 saturated heterocycles. The fourth-order valence-electron chi connectivity index (χ4n) is 3.66. The molecule has 0 atom stereocenters. The molecule has 4 rings (SSSR count). The highest BCUT2D eigenvalue weighted by Gasteiger charge is 2.19. The summed E-state index contributed by atoms with van der Waals surface area (Å²) in [5, 5.41) is 5.13. The van der Waals surface area contributed by atoms with Gasteiger partial charge in [-0.2, -0.15) is 5.10 Å². The van der Waals surface area contributed by atoms with Gasteiger partial charge in [-0.05, 0) is 50.7 Å². The van der Waals surface area contributed by atoms with Crippen LogP contribution in [0.5, 0.6) is 0 Å². The van der Waals surface area contributed by atoms with Gasteiger partial charge in [0.25, 0.3) is 0 Å². The van der Waals surface area contributed by atoms with Crippen LogP contribution in [-0.4, -0.2) is 49.3 Å². The van der Waals surface area contributed by atoms with Crippen molar-refractivity contribution in [3.63, 3.8) is 0 Å². The van der Waals surface area contributed by atoms with Crippen LogP contribution in [0.3, 0.4) is 0 Å². The third-order valence-corrected chi connectivity index (χ3v) is 6.46. The Labute approximate surface area is 190 Å². The van der Waals surface area contributed by atoms with E-state index in [1.54, 1.807) is 21.5 Å². The summed E-state index contributed by atoms with van der Waals surface area (Å²) in [6, 6.07) is 5.88. The summed E-state index contributed by atoms with van der Waals surface area (Å²) in [7, 11) is 1.88. The lowest BCUT2D eigenvalue weighted by Gasteiger charge is -2.18. The van der Waals surface area contributed by atoms with Crippen LogP contribution in [0.25, 0.3) is 32.9 Å². The molecule has 4 aromatic rings. The van der Waals surface area contributed by atoms with Crippen molar-refractivity contribution >= 4 is 39.0 Å². The molecular formula is C22H26ClN7S. The fraction of sp³-hybridized carbons (Fsp3) is 0.364. The number of hydrogen-bond donors (Lipinski definition) is 1. The largest absolute Gasteiger partial charge is 0.382 e. The summed E-state index contributed by atoms with van der Waals surface area (Å²) in [5.41, 5.74) is 12.8. The molecule has 3 heterocycles. The second kappa shape index (κ2) is 9.30. The molecule has 2 N–H and O–H groups in total. The van der Waals surface area contributed by atoms with E-state index in [4.69, 9.17) is 27.3 Å². The average molecular weight is 456 g/mol. The highest BCUT2D eigenvalue weighted by atomic mass is 35.5. The van der Waals surface area contributed by atoms with Gasteiger partial charge >= 0.3 is 0 Å². The molecule has 3 aromatic heterocycles. The van der Waals surface area contributed by atoms with Crippen LogP contribution < -0.4 is 5.73 Å². The minimum absolute atomic E-state index is 0.453. The SMILES string of the molecule is CCN(CC)CCCc1nc(-c2cc(Cl)c3ncsc3c2)c(-c2ccn(C)n2)nc1N. The lowest BCUT2D eigenvalue weighted by molar-refractivity contribution is 0.299. The number of rotatable bonds is 8. The van der Waals surface area contributed by atoms with Gasteiger partial charge in [-0.15, -0.1) is 11.3 Å². The summed E-state index contributed by atoms with van der Waals surface area (Å²) in [6.07, 6.45) is 3.62. The Morgan fingerprint density at radius 2 is 1.97 bits per heavy atom. The molecular weight excluding hydrogens is 430 g/mol. The monoisotopic (exact) mass is 455 g/mol. The maximum Gasteiger partial charge on any atom is 0.146 e. The molecule has 0 spiro atoms. The highest BCUT2D eigenvalue weighted by molar-refractivity contribution is 7.16. The Morgan fingerprint density at radius 1 is 1.16 bits per heavy atom. The van der Waals surface area contributed by atoms with Gasteiger partial charge in [0.05, 0.1) is 32.1 Å². The number of hydrogen-bond acceptors (Lipinski definition) is 7. The third kappa shape index (κ3) is 4.56. The van der Waals surface area contributed by atoms with Crippen molar-refractivity contribution in [2.45, 2.75) is 26.7 Å². The van der Waals surface area contributed by atoms with Gasteiger partial charge in [0.15, 0.2) is 0 Å². The molecule has 0 bridgehead atoms. The molecule has 9 heteroatoms. The van der Waals surface area contributed by atoms with E-state index in [0.717, 1.165) is 65.3 Å². The summed E-state index contributed by atoms with van der Waals surface area (Å²) in [6.45, 7) is 7.43. The fourth-order valence-corrected chi connectivity index (χ4v) is 4.72. The predicted molar refractivity (Wildman–Crippen MR) is 128 cm³/mol. The van der Waals surface area contributed by atoms with E-state index in [-0.39, 0.29) is 0 Å². The quantitative estimate of drug-likeness (QED) is 0.415. The molecule has 31 heavy (non-hydrogen) atoms. The lowest BCUT2D eigenvalue weighted by Crippen LogP contribution is -2.24. The molecule has 162 valence electrons. The number of nitrogen functional groups attached to an aromatic ring is 1. The van der Waals surface area contributed by atoms with Crippen molar-refractivity contribution in [2.75, 3.05) is 25.4 Å². The predicted octanol–water partition coefficient (Wildman–Crippen LogP) is 4.66. The first-order valence-electron chi connectivity index (χ1n) is 10.4. The van der Waals surface area contributed by atoms with Gasteiger partial charge in [0.1, 0.15) is 17.2 Å². The minimum Gasteiger partial charge on any atom is -0.382 e. The van der Waals surface area contributed by atoms with E-state index < -0.39 is 0 Å². The van der Waals surface area contributed by atoms with Crippen LogP contribution in [0.4, 0.5) is 5.82 Å². The van der Waals surface area contributed by atoms with E-state index in [1.165, 1.54) is 0 Å². The Morgan fingerprint density at radius 3 is 2.68 bits per heavy atom. The highest BCUT2D eigenvalue weighted by Crippen LogP contribution is 2.35. The van der Waals surface area contributed by atoms with Crippen molar-refractivity contribution in [3.05, 3.63) is 40.6 Å². The Bertz CT molecular complexity index is 1200. The maximum atomic E-state index is 6.52. The normalized spacial score (nSPS) is 11.6. The molecule has 1 aromatic carbocycles. The van der Waals surface area contributed by atoms with Gasteiger partial charge in [0.2, 0.25) is 0 Å². The van der Waals surface area contributed by atoms with Crippen molar-refractivity contribution < 1.29 is 0 Å². The van der Waals surface area contributed by atoms with Gasteiger partial charge in [-0.3, -0.25) is 4.68 Å². The zero-order chi connectivity index (χ0) is 22.0. The van der Waals surface area contributed by atoms with Crippen molar-refractivity contribution in [3.8, 4) is 22.6 Å². The topological polar surface area (TPSA) is 85.8 Å². The smallest absolute Gasteiger partial charge is 0.146 e. The summed E-state index contributed by atoms with van der Waals surface area (Å²) >= 11 is 8.08. The Hall–Kier alpha value is -2.55. The minimum atomic E-state index is 0.453. The Kier molecular flexibility index (Phi) is 6.50. The lowest BCUT2D eigenvalue weighted by atomic mass is 10.1. The van der Waals surface area contributed by atoms with E-state index in [9.17, 15) is 0 Å². The number of aromatic nitrogens is 5. The molecule has 0 aliphatic carbocycles. The van der Waals surface area contributed by atoms with Crippen molar-refractivity contribution in [1.82, 2.24) is 29.6 Å². The number of fused-ring (bicyclic) bond motifs is 1. The van der Waals surface area contributed by atoms with Crippen molar-refractivity contribution in [2.24, 2.45) is 7.05 Å². The van der Waals surface area contributed by atoms with E-state index in [1.807, 2.05) is 25.4 Å². The van der Waals surface area contributed by atoms with Crippen molar-refractivity contribution in [1.29, 1.82) is 0 Å². The number of thiazole rings is 1. The zero-order valence-corrected chi connectivity index (χ0v) is 19.5. The maximum absolute atomic E-state index is 6.52. The number of benzene rings is 1. The van der Waals surface area contributed by atoms with E-state index in [0.29, 0.717) is 16.5 Å². The summed E-state index contributed by atoms with van der Waals surface area (Å²) in [5.74, 6) is 0.453. The molecule has 0 fully saturated rings.